The van der Waals surface area contributed by atoms with Crippen molar-refractivity contribution in [1.82, 2.24) is 4.90 Å². The Hall–Kier alpha value is -1.31. The highest BCUT2D eigenvalue weighted by Crippen LogP contribution is 2.12. The summed E-state index contributed by atoms with van der Waals surface area (Å²) in [5, 5.41) is 0. The molecule has 1 aliphatic heterocycles. The highest BCUT2D eigenvalue weighted by Gasteiger charge is 2.03. The average Bonchev–Trinajstić information content (AvgIpc) is 1.96. The van der Waals surface area contributed by atoms with Crippen LogP contribution < -0.4 is 0 Å². The minimum atomic E-state index is 0.904. The van der Waals surface area contributed by atoms with E-state index in [4.69, 9.17) is 0 Å². The van der Waals surface area contributed by atoms with E-state index >= 15 is 0 Å². The van der Waals surface area contributed by atoms with Crippen molar-refractivity contribution in [2.75, 3.05) is 0 Å². The van der Waals surface area contributed by atoms with Crippen LogP contribution in [0.5, 0.6) is 0 Å². The lowest BCUT2D eigenvalue weighted by Crippen LogP contribution is -2.13. The summed E-state index contributed by atoms with van der Waals surface area (Å²) in [5.41, 5.74) is 3.15. The summed E-state index contributed by atoms with van der Waals surface area (Å²) in [4.78, 5) is 6.12. The topological polar surface area (TPSA) is 15.6 Å². The molecular formula is C10H14N2. The molecule has 0 aromatic heterocycles. The molecular weight excluding hydrogens is 148 g/mol. The summed E-state index contributed by atoms with van der Waals surface area (Å²) >= 11 is 0. The van der Waals surface area contributed by atoms with Crippen LogP contribution in [0.25, 0.3) is 0 Å². The van der Waals surface area contributed by atoms with Gasteiger partial charge in [-0.25, -0.2) is 0 Å². The molecule has 64 valence electrons. The molecule has 0 saturated heterocycles. The lowest BCUT2D eigenvalue weighted by atomic mass is 10.3. The lowest BCUT2D eigenvalue weighted by molar-refractivity contribution is 0.645. The van der Waals surface area contributed by atoms with Crippen LogP contribution in [-0.2, 0) is 0 Å². The normalized spacial score (nSPS) is 16.1. The van der Waals surface area contributed by atoms with Crippen molar-refractivity contribution in [3.05, 3.63) is 35.9 Å². The highest BCUT2D eigenvalue weighted by molar-refractivity contribution is 5.79. The summed E-state index contributed by atoms with van der Waals surface area (Å²) in [6.45, 7) is 9.95. The van der Waals surface area contributed by atoms with Crippen molar-refractivity contribution in [3.8, 4) is 0 Å². The first-order valence-corrected chi connectivity index (χ1v) is 3.94. The molecule has 0 bridgehead atoms. The fraction of sp³-hybridized carbons (Fsp3) is 0.300. The van der Waals surface area contributed by atoms with Gasteiger partial charge in [-0.3, -0.25) is 4.99 Å². The van der Waals surface area contributed by atoms with Crippen LogP contribution in [0.3, 0.4) is 0 Å². The molecule has 1 aliphatic rings. The Morgan fingerprint density at radius 2 is 2.25 bits per heavy atom. The van der Waals surface area contributed by atoms with Crippen LogP contribution >= 0.6 is 0 Å². The zero-order chi connectivity index (χ0) is 9.14. The fourth-order valence-electron chi connectivity index (χ4n) is 0.959. The smallest absolute Gasteiger partial charge is 0.0561 e. The summed E-state index contributed by atoms with van der Waals surface area (Å²) in [5.74, 6) is 0. The molecule has 0 aliphatic carbocycles. The standard InChI is InChI=1S/C10H14N2/c1-8(2)6-12-7-9(3)11-5-10(12)4/h5-7H,4H2,1-3H3. The van der Waals surface area contributed by atoms with Crippen molar-refractivity contribution in [2.45, 2.75) is 20.8 Å². The van der Waals surface area contributed by atoms with Gasteiger partial charge >= 0.3 is 0 Å². The van der Waals surface area contributed by atoms with Crippen molar-refractivity contribution in [2.24, 2.45) is 4.99 Å². The van der Waals surface area contributed by atoms with Gasteiger partial charge in [0.25, 0.3) is 0 Å². The van der Waals surface area contributed by atoms with Gasteiger partial charge in [0, 0.05) is 12.4 Å². The molecule has 0 saturated carbocycles. The molecule has 0 N–H and O–H groups in total. The SMILES string of the molecule is C=C1C=NC(C)=CN1C=C(C)C. The summed E-state index contributed by atoms with van der Waals surface area (Å²) in [6, 6.07) is 0. The van der Waals surface area contributed by atoms with E-state index in [1.54, 1.807) is 6.21 Å². The number of nitrogens with zero attached hydrogens (tertiary/aromatic N) is 2. The maximum atomic E-state index is 4.13. The minimum absolute atomic E-state index is 0.904. The Morgan fingerprint density at radius 3 is 2.83 bits per heavy atom. The Morgan fingerprint density at radius 1 is 1.58 bits per heavy atom. The Labute approximate surface area is 73.6 Å². The molecule has 12 heavy (non-hydrogen) atoms. The molecule has 0 radical (unpaired) electrons. The van der Waals surface area contributed by atoms with E-state index < -0.39 is 0 Å². The average molecular weight is 162 g/mol. The maximum absolute atomic E-state index is 4.13. The molecule has 0 unspecified atom stereocenters. The Kier molecular flexibility index (Phi) is 2.48. The number of aliphatic imine (C=N–C) groups is 1. The lowest BCUT2D eigenvalue weighted by Gasteiger charge is -2.19. The molecule has 0 amide bonds. The van der Waals surface area contributed by atoms with Gasteiger partial charge in [-0.05, 0) is 20.8 Å². The van der Waals surface area contributed by atoms with Crippen LogP contribution in [0.2, 0.25) is 0 Å². The second-order valence-electron chi connectivity index (χ2n) is 3.13. The van der Waals surface area contributed by atoms with Gasteiger partial charge < -0.3 is 4.90 Å². The molecule has 1 heterocycles. The number of rotatable bonds is 1. The molecule has 2 nitrogen and oxygen atoms in total. The van der Waals surface area contributed by atoms with E-state index in [1.807, 2.05) is 24.2 Å². The highest BCUT2D eigenvalue weighted by atomic mass is 15.1. The van der Waals surface area contributed by atoms with Crippen molar-refractivity contribution in [1.29, 1.82) is 0 Å². The monoisotopic (exact) mass is 162 g/mol. The van der Waals surface area contributed by atoms with Crippen LogP contribution in [0.15, 0.2) is 40.9 Å². The largest absolute Gasteiger partial charge is 0.321 e. The van der Waals surface area contributed by atoms with Crippen molar-refractivity contribution < 1.29 is 0 Å². The zero-order valence-corrected chi connectivity index (χ0v) is 7.83. The van der Waals surface area contributed by atoms with Gasteiger partial charge in [0.15, 0.2) is 0 Å². The maximum Gasteiger partial charge on any atom is 0.0561 e. The predicted octanol–water partition coefficient (Wildman–Crippen LogP) is 2.67. The van der Waals surface area contributed by atoms with Gasteiger partial charge in [0.1, 0.15) is 0 Å². The molecule has 0 spiro atoms. The first-order chi connectivity index (χ1) is 5.59. The Balaban J connectivity index is 2.85. The molecule has 0 aromatic rings. The second kappa shape index (κ2) is 3.39. The van der Waals surface area contributed by atoms with Gasteiger partial charge in [-0.15, -0.1) is 0 Å². The van der Waals surface area contributed by atoms with Crippen LogP contribution in [0.4, 0.5) is 0 Å². The first kappa shape index (κ1) is 8.78. The second-order valence-corrected chi connectivity index (χ2v) is 3.13. The minimum Gasteiger partial charge on any atom is -0.321 e. The summed E-state index contributed by atoms with van der Waals surface area (Å²) in [7, 11) is 0. The van der Waals surface area contributed by atoms with Crippen molar-refractivity contribution in [3.63, 3.8) is 0 Å². The van der Waals surface area contributed by atoms with E-state index in [0.29, 0.717) is 0 Å². The van der Waals surface area contributed by atoms with Crippen molar-refractivity contribution >= 4 is 6.21 Å². The fourth-order valence-corrected chi connectivity index (χ4v) is 0.959. The molecule has 1 rings (SSSR count). The third kappa shape index (κ3) is 2.09. The van der Waals surface area contributed by atoms with E-state index in [9.17, 15) is 0 Å². The summed E-state index contributed by atoms with van der Waals surface area (Å²) in [6.07, 6.45) is 5.78. The van der Waals surface area contributed by atoms with Crippen LogP contribution in [0.1, 0.15) is 20.8 Å². The van der Waals surface area contributed by atoms with Gasteiger partial charge in [0.05, 0.1) is 17.6 Å². The van der Waals surface area contributed by atoms with Crippen LogP contribution in [0, 0.1) is 0 Å². The number of hydrogen-bond acceptors (Lipinski definition) is 2. The van der Waals surface area contributed by atoms with Crippen LogP contribution in [-0.4, -0.2) is 11.1 Å². The van der Waals surface area contributed by atoms with E-state index in [2.05, 4.69) is 25.4 Å². The van der Waals surface area contributed by atoms with Gasteiger partial charge in [-0.2, -0.15) is 0 Å². The third-order valence-electron chi connectivity index (χ3n) is 1.47. The third-order valence-corrected chi connectivity index (χ3v) is 1.47. The number of allylic oxidation sites excluding steroid dienone is 3. The quantitative estimate of drug-likeness (QED) is 0.578. The molecule has 0 fully saturated rings. The van der Waals surface area contributed by atoms with E-state index in [1.165, 1.54) is 5.57 Å². The number of hydrogen-bond donors (Lipinski definition) is 0. The van der Waals surface area contributed by atoms with Gasteiger partial charge in [0.2, 0.25) is 0 Å². The molecule has 0 aromatic carbocycles. The zero-order valence-electron chi connectivity index (χ0n) is 7.83. The van der Waals surface area contributed by atoms with Gasteiger partial charge in [-0.1, -0.05) is 12.2 Å². The first-order valence-electron chi connectivity index (χ1n) is 3.94. The van der Waals surface area contributed by atoms with E-state index in [-0.39, 0.29) is 0 Å². The molecule has 2 heteroatoms. The Bertz CT molecular complexity index is 278. The molecule has 0 atom stereocenters. The van der Waals surface area contributed by atoms with E-state index in [0.717, 1.165) is 11.4 Å². The predicted molar refractivity (Wildman–Crippen MR) is 52.7 cm³/mol. The summed E-state index contributed by atoms with van der Waals surface area (Å²) < 4.78 is 0.